The summed E-state index contributed by atoms with van der Waals surface area (Å²) in [7, 11) is 1.66. The van der Waals surface area contributed by atoms with Crippen LogP contribution in [0.25, 0.3) is 10.9 Å². The van der Waals surface area contributed by atoms with Crippen molar-refractivity contribution in [1.82, 2.24) is 14.5 Å². The first kappa shape index (κ1) is 22.1. The summed E-state index contributed by atoms with van der Waals surface area (Å²) in [6, 6.07) is 7.11. The van der Waals surface area contributed by atoms with Gasteiger partial charge >= 0.3 is 0 Å². The zero-order valence-electron chi connectivity index (χ0n) is 17.6. The Morgan fingerprint density at radius 1 is 1.21 bits per heavy atom. The van der Waals surface area contributed by atoms with Crippen molar-refractivity contribution in [3.63, 3.8) is 0 Å². The van der Waals surface area contributed by atoms with Gasteiger partial charge in [-0.25, -0.2) is 4.98 Å². The van der Waals surface area contributed by atoms with Crippen LogP contribution in [0.5, 0.6) is 0 Å². The maximum absolute atomic E-state index is 12.9. The van der Waals surface area contributed by atoms with Gasteiger partial charge in [0.25, 0.3) is 5.56 Å². The number of rotatable bonds is 11. The number of benzene rings is 1. The minimum absolute atomic E-state index is 0.0507. The molecule has 0 radical (unpaired) electrons. The fourth-order valence-electron chi connectivity index (χ4n) is 3.53. The van der Waals surface area contributed by atoms with Crippen molar-refractivity contribution in [2.75, 3.05) is 20.3 Å². The van der Waals surface area contributed by atoms with Gasteiger partial charge in [0, 0.05) is 33.2 Å². The van der Waals surface area contributed by atoms with Crippen LogP contribution in [0, 0.1) is 0 Å². The molecule has 0 bridgehead atoms. The predicted octanol–water partition coefficient (Wildman–Crippen LogP) is 3.92. The number of nitrogens with zero attached hydrogens (tertiary/aromatic N) is 3. The Balaban J connectivity index is 2.39. The molecule has 0 saturated carbocycles. The average molecular weight is 388 g/mol. The van der Waals surface area contributed by atoms with Crippen LogP contribution in [0.2, 0.25) is 0 Å². The summed E-state index contributed by atoms with van der Waals surface area (Å²) in [5.41, 5.74) is 0.625. The van der Waals surface area contributed by atoms with E-state index in [9.17, 15) is 9.59 Å². The topological polar surface area (TPSA) is 64.4 Å². The molecular weight excluding hydrogens is 354 g/mol. The standard InChI is InChI=1S/C22H33N3O3/c1-5-7-8-14-20(26)25(15-11-16-28-4)17(3)21-23-19-13-10-9-12-18(19)22(27)24(21)6-2/h9-10,12-13,17H,5-8,11,14-16H2,1-4H3. The van der Waals surface area contributed by atoms with Gasteiger partial charge in [0.1, 0.15) is 5.82 Å². The Hall–Kier alpha value is -2.21. The number of para-hydroxylation sites is 1. The van der Waals surface area contributed by atoms with E-state index in [1.165, 1.54) is 0 Å². The lowest BCUT2D eigenvalue weighted by molar-refractivity contribution is -0.134. The van der Waals surface area contributed by atoms with Crippen molar-refractivity contribution in [3.05, 3.63) is 40.4 Å². The first-order valence-corrected chi connectivity index (χ1v) is 10.3. The number of hydrogen-bond donors (Lipinski definition) is 0. The number of amides is 1. The molecule has 6 heteroatoms. The van der Waals surface area contributed by atoms with E-state index in [1.807, 2.05) is 36.9 Å². The molecule has 154 valence electrons. The number of aromatic nitrogens is 2. The van der Waals surface area contributed by atoms with Gasteiger partial charge in [0.15, 0.2) is 0 Å². The zero-order chi connectivity index (χ0) is 20.5. The number of unbranched alkanes of at least 4 members (excludes halogenated alkanes) is 2. The molecule has 0 aliphatic heterocycles. The molecule has 1 atom stereocenters. The highest BCUT2D eigenvalue weighted by molar-refractivity contribution is 5.78. The smallest absolute Gasteiger partial charge is 0.261 e. The lowest BCUT2D eigenvalue weighted by Gasteiger charge is -2.30. The molecule has 1 aromatic heterocycles. The summed E-state index contributed by atoms with van der Waals surface area (Å²) >= 11 is 0. The molecule has 0 saturated heterocycles. The van der Waals surface area contributed by atoms with E-state index in [0.29, 0.717) is 42.8 Å². The lowest BCUT2D eigenvalue weighted by Crippen LogP contribution is -2.38. The zero-order valence-corrected chi connectivity index (χ0v) is 17.6. The molecule has 0 aliphatic carbocycles. The lowest BCUT2D eigenvalue weighted by atomic mass is 10.1. The third kappa shape index (κ3) is 5.19. The highest BCUT2D eigenvalue weighted by Gasteiger charge is 2.25. The molecule has 1 amide bonds. The number of hydrogen-bond acceptors (Lipinski definition) is 4. The van der Waals surface area contributed by atoms with Crippen LogP contribution in [-0.4, -0.2) is 40.6 Å². The minimum Gasteiger partial charge on any atom is -0.385 e. The number of carbonyl (C=O) groups is 1. The Kier molecular flexibility index (Phi) is 8.64. The molecule has 2 rings (SSSR count). The maximum atomic E-state index is 12.9. The normalized spacial score (nSPS) is 12.3. The van der Waals surface area contributed by atoms with Crippen LogP contribution in [0.3, 0.4) is 0 Å². The summed E-state index contributed by atoms with van der Waals surface area (Å²) in [6.07, 6.45) is 4.28. The highest BCUT2D eigenvalue weighted by Crippen LogP contribution is 2.22. The van der Waals surface area contributed by atoms with E-state index in [0.717, 1.165) is 25.7 Å². The van der Waals surface area contributed by atoms with E-state index >= 15 is 0 Å². The monoisotopic (exact) mass is 387 g/mol. The Morgan fingerprint density at radius 2 is 1.96 bits per heavy atom. The van der Waals surface area contributed by atoms with Gasteiger partial charge in [-0.2, -0.15) is 0 Å². The van der Waals surface area contributed by atoms with Crippen LogP contribution in [0.1, 0.15) is 64.7 Å². The summed E-state index contributed by atoms with van der Waals surface area (Å²) < 4.78 is 6.86. The summed E-state index contributed by atoms with van der Waals surface area (Å²) in [5, 5.41) is 0.612. The quantitative estimate of drug-likeness (QED) is 0.548. The Labute approximate surface area is 167 Å². The van der Waals surface area contributed by atoms with Crippen molar-refractivity contribution in [1.29, 1.82) is 0 Å². The van der Waals surface area contributed by atoms with Crippen molar-refractivity contribution in [2.24, 2.45) is 0 Å². The second kappa shape index (κ2) is 11.0. The number of ether oxygens (including phenoxy) is 1. The number of fused-ring (bicyclic) bond motifs is 1. The SMILES string of the molecule is CCCCCC(=O)N(CCCOC)C(C)c1nc2ccccc2c(=O)n1CC. The second-order valence-corrected chi connectivity index (χ2v) is 7.10. The molecular formula is C22H33N3O3. The molecule has 1 aromatic carbocycles. The Morgan fingerprint density at radius 3 is 2.64 bits per heavy atom. The van der Waals surface area contributed by atoms with E-state index < -0.39 is 0 Å². The van der Waals surface area contributed by atoms with Crippen LogP contribution >= 0.6 is 0 Å². The van der Waals surface area contributed by atoms with Gasteiger partial charge in [-0.05, 0) is 38.8 Å². The highest BCUT2D eigenvalue weighted by atomic mass is 16.5. The molecule has 6 nitrogen and oxygen atoms in total. The van der Waals surface area contributed by atoms with Crippen LogP contribution < -0.4 is 5.56 Å². The van der Waals surface area contributed by atoms with Gasteiger partial charge in [-0.1, -0.05) is 31.9 Å². The molecule has 0 N–H and O–H groups in total. The minimum atomic E-state index is -0.275. The summed E-state index contributed by atoms with van der Waals surface area (Å²) in [5.74, 6) is 0.759. The van der Waals surface area contributed by atoms with Gasteiger partial charge in [0.2, 0.25) is 5.91 Å². The molecule has 0 spiro atoms. The third-order valence-corrected chi connectivity index (χ3v) is 5.11. The predicted molar refractivity (Wildman–Crippen MR) is 112 cm³/mol. The number of carbonyl (C=O) groups excluding carboxylic acids is 1. The first-order chi connectivity index (χ1) is 13.5. The van der Waals surface area contributed by atoms with Crippen molar-refractivity contribution in [2.45, 2.75) is 65.5 Å². The fraction of sp³-hybridized carbons (Fsp3) is 0.591. The van der Waals surface area contributed by atoms with E-state index in [4.69, 9.17) is 9.72 Å². The molecule has 0 fully saturated rings. The molecule has 2 aromatic rings. The molecule has 1 heterocycles. The third-order valence-electron chi connectivity index (χ3n) is 5.11. The van der Waals surface area contributed by atoms with Crippen LogP contribution in [-0.2, 0) is 16.1 Å². The fourth-order valence-corrected chi connectivity index (χ4v) is 3.53. The van der Waals surface area contributed by atoms with Crippen LogP contribution in [0.4, 0.5) is 0 Å². The van der Waals surface area contributed by atoms with E-state index in [1.54, 1.807) is 17.7 Å². The number of methoxy groups -OCH3 is 1. The van der Waals surface area contributed by atoms with Crippen molar-refractivity contribution >= 4 is 16.8 Å². The average Bonchev–Trinajstić information content (AvgIpc) is 2.71. The van der Waals surface area contributed by atoms with Crippen molar-refractivity contribution in [3.8, 4) is 0 Å². The molecule has 0 aliphatic rings. The summed E-state index contributed by atoms with van der Waals surface area (Å²) in [4.78, 5) is 32.5. The largest absolute Gasteiger partial charge is 0.385 e. The van der Waals surface area contributed by atoms with E-state index in [2.05, 4.69) is 6.92 Å². The van der Waals surface area contributed by atoms with Crippen LogP contribution in [0.15, 0.2) is 29.1 Å². The molecule has 1 unspecified atom stereocenters. The molecule has 28 heavy (non-hydrogen) atoms. The maximum Gasteiger partial charge on any atom is 0.261 e. The van der Waals surface area contributed by atoms with Crippen molar-refractivity contribution < 1.29 is 9.53 Å². The van der Waals surface area contributed by atoms with Gasteiger partial charge in [-0.3, -0.25) is 14.2 Å². The Bertz CT molecular complexity index is 831. The van der Waals surface area contributed by atoms with Gasteiger partial charge in [0.05, 0.1) is 16.9 Å². The first-order valence-electron chi connectivity index (χ1n) is 10.3. The second-order valence-electron chi connectivity index (χ2n) is 7.10. The van der Waals surface area contributed by atoms with Gasteiger partial charge < -0.3 is 9.64 Å². The van der Waals surface area contributed by atoms with E-state index in [-0.39, 0.29) is 17.5 Å². The summed E-state index contributed by atoms with van der Waals surface area (Å²) in [6.45, 7) is 7.73. The van der Waals surface area contributed by atoms with Gasteiger partial charge in [-0.15, -0.1) is 0 Å².